The summed E-state index contributed by atoms with van der Waals surface area (Å²) in [6.07, 6.45) is 0. The van der Waals surface area contributed by atoms with Crippen LogP contribution in [0.3, 0.4) is 0 Å². The average molecular weight is 326 g/mol. The lowest BCUT2D eigenvalue weighted by molar-refractivity contribution is -0.126. The van der Waals surface area contributed by atoms with E-state index in [2.05, 4.69) is 10.6 Å². The second-order valence-corrected chi connectivity index (χ2v) is 5.83. The highest BCUT2D eigenvalue weighted by atomic mass is 16.5. The molecule has 1 atom stereocenters. The first-order valence-electron chi connectivity index (χ1n) is 8.13. The van der Waals surface area contributed by atoms with Crippen LogP contribution in [0.25, 0.3) is 0 Å². The van der Waals surface area contributed by atoms with Crippen LogP contribution < -0.4 is 15.4 Å². The Balaban J connectivity index is 1.64. The van der Waals surface area contributed by atoms with E-state index < -0.39 is 0 Å². The van der Waals surface area contributed by atoms with Gasteiger partial charge in [0.15, 0.2) is 0 Å². The number of nitrogens with one attached hydrogen (secondary N) is 2. The minimum atomic E-state index is -0.288. The van der Waals surface area contributed by atoms with Crippen molar-refractivity contribution in [3.05, 3.63) is 59.7 Å². The number of benzene rings is 2. The van der Waals surface area contributed by atoms with Gasteiger partial charge in [-0.2, -0.15) is 0 Å². The molecule has 5 heteroatoms. The van der Waals surface area contributed by atoms with Crippen molar-refractivity contribution < 1.29 is 14.3 Å². The molecule has 2 aromatic carbocycles. The fraction of sp³-hybridized carbons (Fsp3) is 0.316. The third-order valence-corrected chi connectivity index (χ3v) is 3.88. The summed E-state index contributed by atoms with van der Waals surface area (Å²) in [5.41, 5.74) is 2.07. The Hall–Kier alpha value is -2.37. The largest absolute Gasteiger partial charge is 0.457 e. The van der Waals surface area contributed by atoms with Crippen LogP contribution in [0.2, 0.25) is 0 Å². The van der Waals surface area contributed by atoms with Crippen molar-refractivity contribution in [2.75, 3.05) is 19.8 Å². The zero-order chi connectivity index (χ0) is 16.8. The standard InChI is InChI=1S/C19H22N2O3/c1-14-5-4-7-16(11-14)24-18-8-3-2-6-15(18)12-21-19(22)17-13-23-10-9-20-17/h2-8,11,17,20H,9-10,12-13H2,1H3,(H,21,22). The molecule has 3 rings (SSSR count). The number of rotatable bonds is 5. The molecule has 0 radical (unpaired) electrons. The average Bonchev–Trinajstić information content (AvgIpc) is 2.61. The normalized spacial score (nSPS) is 17.3. The first kappa shape index (κ1) is 16.5. The number of amides is 1. The van der Waals surface area contributed by atoms with E-state index in [0.717, 1.165) is 22.6 Å². The van der Waals surface area contributed by atoms with Crippen molar-refractivity contribution in [3.63, 3.8) is 0 Å². The van der Waals surface area contributed by atoms with E-state index in [1.165, 1.54) is 0 Å². The van der Waals surface area contributed by atoms with E-state index in [1.807, 2.05) is 55.5 Å². The first-order chi connectivity index (χ1) is 11.7. The van der Waals surface area contributed by atoms with Crippen molar-refractivity contribution in [1.82, 2.24) is 10.6 Å². The minimum absolute atomic E-state index is 0.0555. The highest BCUT2D eigenvalue weighted by molar-refractivity contribution is 5.82. The zero-order valence-corrected chi connectivity index (χ0v) is 13.7. The van der Waals surface area contributed by atoms with Gasteiger partial charge in [0.05, 0.1) is 13.2 Å². The Morgan fingerprint density at radius 1 is 1.29 bits per heavy atom. The molecule has 1 unspecified atom stereocenters. The summed E-state index contributed by atoms with van der Waals surface area (Å²) in [5.74, 6) is 1.48. The molecule has 1 aliphatic rings. The summed E-state index contributed by atoms with van der Waals surface area (Å²) in [6, 6.07) is 15.3. The van der Waals surface area contributed by atoms with Gasteiger partial charge in [0.1, 0.15) is 17.5 Å². The second kappa shape index (κ2) is 7.95. The number of aryl methyl sites for hydroxylation is 1. The van der Waals surface area contributed by atoms with Crippen molar-refractivity contribution in [2.24, 2.45) is 0 Å². The van der Waals surface area contributed by atoms with E-state index in [9.17, 15) is 4.79 Å². The maximum Gasteiger partial charge on any atom is 0.239 e. The SMILES string of the molecule is Cc1cccc(Oc2ccccc2CNC(=O)C2COCCN2)c1. The summed E-state index contributed by atoms with van der Waals surface area (Å²) in [5, 5.41) is 6.09. The van der Waals surface area contributed by atoms with E-state index >= 15 is 0 Å². The van der Waals surface area contributed by atoms with Gasteiger partial charge in [-0.25, -0.2) is 0 Å². The Labute approximate surface area is 142 Å². The van der Waals surface area contributed by atoms with Crippen LogP contribution >= 0.6 is 0 Å². The van der Waals surface area contributed by atoms with Crippen LogP contribution in [-0.4, -0.2) is 31.7 Å². The minimum Gasteiger partial charge on any atom is -0.457 e. The van der Waals surface area contributed by atoms with E-state index in [0.29, 0.717) is 26.3 Å². The molecule has 0 aliphatic carbocycles. The van der Waals surface area contributed by atoms with Gasteiger partial charge in [0, 0.05) is 18.7 Å². The summed E-state index contributed by atoms with van der Waals surface area (Å²) < 4.78 is 11.3. The van der Waals surface area contributed by atoms with Crippen molar-refractivity contribution >= 4 is 5.91 Å². The van der Waals surface area contributed by atoms with Crippen LogP contribution in [-0.2, 0) is 16.1 Å². The van der Waals surface area contributed by atoms with Gasteiger partial charge in [-0.1, -0.05) is 30.3 Å². The number of hydrogen-bond donors (Lipinski definition) is 2. The van der Waals surface area contributed by atoms with E-state index in [4.69, 9.17) is 9.47 Å². The quantitative estimate of drug-likeness (QED) is 0.886. The molecule has 5 nitrogen and oxygen atoms in total. The lowest BCUT2D eigenvalue weighted by atomic mass is 10.2. The zero-order valence-electron chi connectivity index (χ0n) is 13.7. The van der Waals surface area contributed by atoms with Crippen LogP contribution in [0.5, 0.6) is 11.5 Å². The number of morpholine rings is 1. The number of carbonyl (C=O) groups excluding carboxylic acids is 1. The summed E-state index contributed by atoms with van der Waals surface area (Å²) in [4.78, 5) is 12.2. The van der Waals surface area contributed by atoms with Gasteiger partial charge in [0.2, 0.25) is 5.91 Å². The number of carbonyl (C=O) groups is 1. The molecule has 1 aliphatic heterocycles. The Kier molecular flexibility index (Phi) is 5.46. The number of ether oxygens (including phenoxy) is 2. The van der Waals surface area contributed by atoms with E-state index in [-0.39, 0.29) is 11.9 Å². The van der Waals surface area contributed by atoms with Gasteiger partial charge in [0.25, 0.3) is 0 Å². The molecule has 0 aromatic heterocycles. The molecule has 1 fully saturated rings. The molecule has 0 spiro atoms. The predicted octanol–water partition coefficient (Wildman–Crippen LogP) is 2.39. The third-order valence-electron chi connectivity index (χ3n) is 3.88. The highest BCUT2D eigenvalue weighted by Gasteiger charge is 2.21. The van der Waals surface area contributed by atoms with Crippen LogP contribution in [0, 0.1) is 6.92 Å². The smallest absolute Gasteiger partial charge is 0.239 e. The fourth-order valence-corrected chi connectivity index (χ4v) is 2.59. The van der Waals surface area contributed by atoms with Gasteiger partial charge >= 0.3 is 0 Å². The Morgan fingerprint density at radius 3 is 2.96 bits per heavy atom. The molecule has 1 heterocycles. The molecule has 2 aromatic rings. The third kappa shape index (κ3) is 4.34. The lowest BCUT2D eigenvalue weighted by Crippen LogP contribution is -2.51. The summed E-state index contributed by atoms with van der Waals surface area (Å²) in [7, 11) is 0. The van der Waals surface area contributed by atoms with Crippen molar-refractivity contribution in [1.29, 1.82) is 0 Å². The van der Waals surface area contributed by atoms with Gasteiger partial charge < -0.3 is 20.1 Å². The Morgan fingerprint density at radius 2 is 2.17 bits per heavy atom. The second-order valence-electron chi connectivity index (χ2n) is 5.83. The van der Waals surface area contributed by atoms with Gasteiger partial charge in [-0.15, -0.1) is 0 Å². The van der Waals surface area contributed by atoms with Crippen LogP contribution in [0.1, 0.15) is 11.1 Å². The molecule has 1 amide bonds. The first-order valence-corrected chi connectivity index (χ1v) is 8.13. The molecule has 126 valence electrons. The molecule has 24 heavy (non-hydrogen) atoms. The number of para-hydroxylation sites is 1. The summed E-state index contributed by atoms with van der Waals surface area (Å²) in [6.45, 7) is 4.20. The van der Waals surface area contributed by atoms with Gasteiger partial charge in [-0.05, 0) is 30.7 Å². The summed E-state index contributed by atoms with van der Waals surface area (Å²) >= 11 is 0. The lowest BCUT2D eigenvalue weighted by Gasteiger charge is -2.23. The van der Waals surface area contributed by atoms with Crippen LogP contribution in [0.15, 0.2) is 48.5 Å². The van der Waals surface area contributed by atoms with Crippen LogP contribution in [0.4, 0.5) is 0 Å². The molecule has 1 saturated heterocycles. The monoisotopic (exact) mass is 326 g/mol. The molecular weight excluding hydrogens is 304 g/mol. The fourth-order valence-electron chi connectivity index (χ4n) is 2.59. The van der Waals surface area contributed by atoms with Crippen molar-refractivity contribution in [3.8, 4) is 11.5 Å². The molecule has 0 bridgehead atoms. The maximum atomic E-state index is 12.2. The number of hydrogen-bond acceptors (Lipinski definition) is 4. The molecule has 2 N–H and O–H groups in total. The van der Waals surface area contributed by atoms with Crippen molar-refractivity contribution in [2.45, 2.75) is 19.5 Å². The van der Waals surface area contributed by atoms with Gasteiger partial charge in [-0.3, -0.25) is 4.79 Å². The maximum absolute atomic E-state index is 12.2. The molecular formula is C19H22N2O3. The predicted molar refractivity (Wildman–Crippen MR) is 92.2 cm³/mol. The topological polar surface area (TPSA) is 59.6 Å². The highest BCUT2D eigenvalue weighted by Crippen LogP contribution is 2.25. The molecule has 0 saturated carbocycles. The Bertz CT molecular complexity index is 697. The van der Waals surface area contributed by atoms with E-state index in [1.54, 1.807) is 0 Å².